The molecule has 1 aromatic rings. The summed E-state index contributed by atoms with van der Waals surface area (Å²) in [7, 11) is -3.61. The molecule has 1 aromatic heterocycles. The fourth-order valence-corrected chi connectivity index (χ4v) is 4.27. The predicted octanol–water partition coefficient (Wildman–Crippen LogP) is 0.705. The van der Waals surface area contributed by atoms with Crippen molar-refractivity contribution in [3.8, 4) is 0 Å². The number of halogens is 1. The maximum atomic E-state index is 12.0. The Morgan fingerprint density at radius 1 is 1.52 bits per heavy atom. The number of amides is 1. The third-order valence-corrected chi connectivity index (χ3v) is 6.07. The first-order chi connectivity index (χ1) is 9.49. The van der Waals surface area contributed by atoms with Crippen LogP contribution in [0.4, 0.5) is 0 Å². The van der Waals surface area contributed by atoms with Gasteiger partial charge < -0.3 is 10.6 Å². The largest absolute Gasteiger partial charge is 0.351 e. The molecule has 1 aliphatic heterocycles. The van der Waals surface area contributed by atoms with Crippen LogP contribution in [0.2, 0.25) is 0 Å². The standard InChI is InChI=1S/C12H19N3O3S2.ClH/c1-9(12(16)14-10-4-2-6-13-8-10)15-20(17,18)11-5-3-7-19-11;/h3,5,7,9-10,13,15H,2,4,6,8H2,1H3,(H,14,16);1H/t9?,10-;/m0./s1. The van der Waals surface area contributed by atoms with E-state index < -0.39 is 16.1 Å². The fourth-order valence-electron chi connectivity index (χ4n) is 2.06. The first-order valence-electron chi connectivity index (χ1n) is 6.56. The molecule has 3 N–H and O–H groups in total. The maximum absolute atomic E-state index is 12.0. The van der Waals surface area contributed by atoms with Crippen LogP contribution in [0.25, 0.3) is 0 Å². The topological polar surface area (TPSA) is 87.3 Å². The van der Waals surface area contributed by atoms with Crippen LogP contribution in [-0.4, -0.2) is 39.5 Å². The Morgan fingerprint density at radius 2 is 2.29 bits per heavy atom. The Kier molecular flexibility index (Phi) is 7.08. The molecule has 2 heterocycles. The molecule has 0 aliphatic carbocycles. The van der Waals surface area contributed by atoms with Crippen molar-refractivity contribution in [3.63, 3.8) is 0 Å². The summed E-state index contributed by atoms with van der Waals surface area (Å²) in [6.45, 7) is 3.25. The quantitative estimate of drug-likeness (QED) is 0.727. The van der Waals surface area contributed by atoms with E-state index in [0.29, 0.717) is 0 Å². The predicted molar refractivity (Wildman–Crippen MR) is 85.4 cm³/mol. The van der Waals surface area contributed by atoms with Crippen LogP contribution in [0.15, 0.2) is 21.7 Å². The fraction of sp³-hybridized carbons (Fsp3) is 0.583. The lowest BCUT2D eigenvalue weighted by atomic mass is 10.1. The average molecular weight is 354 g/mol. The highest BCUT2D eigenvalue weighted by molar-refractivity contribution is 7.91. The number of thiophene rings is 1. The van der Waals surface area contributed by atoms with Crippen LogP contribution in [0.5, 0.6) is 0 Å². The van der Waals surface area contributed by atoms with E-state index in [1.807, 2.05) is 0 Å². The molecule has 21 heavy (non-hydrogen) atoms. The van der Waals surface area contributed by atoms with Crippen molar-refractivity contribution in [1.29, 1.82) is 0 Å². The summed E-state index contributed by atoms with van der Waals surface area (Å²) in [4.78, 5) is 12.0. The van der Waals surface area contributed by atoms with Crippen LogP contribution in [-0.2, 0) is 14.8 Å². The van der Waals surface area contributed by atoms with E-state index in [2.05, 4.69) is 15.4 Å². The second kappa shape index (κ2) is 8.09. The smallest absolute Gasteiger partial charge is 0.250 e. The van der Waals surface area contributed by atoms with Gasteiger partial charge in [-0.15, -0.1) is 23.7 Å². The molecule has 1 amide bonds. The molecule has 0 aromatic carbocycles. The minimum absolute atomic E-state index is 0. The van der Waals surface area contributed by atoms with Crippen molar-refractivity contribution in [2.75, 3.05) is 13.1 Å². The second-order valence-electron chi connectivity index (χ2n) is 4.83. The minimum Gasteiger partial charge on any atom is -0.351 e. The molecule has 1 unspecified atom stereocenters. The summed E-state index contributed by atoms with van der Waals surface area (Å²) in [5, 5.41) is 7.75. The molecule has 0 saturated carbocycles. The lowest BCUT2D eigenvalue weighted by molar-refractivity contribution is -0.123. The van der Waals surface area contributed by atoms with E-state index in [-0.39, 0.29) is 28.6 Å². The number of nitrogens with one attached hydrogen (secondary N) is 3. The number of hydrogen-bond acceptors (Lipinski definition) is 5. The molecular weight excluding hydrogens is 334 g/mol. The Labute approximate surface area is 135 Å². The minimum atomic E-state index is -3.61. The Hall–Kier alpha value is -0.670. The number of rotatable bonds is 5. The summed E-state index contributed by atoms with van der Waals surface area (Å²) < 4.78 is 26.6. The van der Waals surface area contributed by atoms with Crippen molar-refractivity contribution in [1.82, 2.24) is 15.4 Å². The SMILES string of the molecule is CC(NS(=O)(=O)c1cccs1)C(=O)N[C@H]1CCCNC1.Cl. The third-order valence-electron chi connectivity index (χ3n) is 3.13. The van der Waals surface area contributed by atoms with Gasteiger partial charge in [0, 0.05) is 12.6 Å². The Balaban J connectivity index is 0.00000220. The van der Waals surface area contributed by atoms with Crippen molar-refractivity contribution in [3.05, 3.63) is 17.5 Å². The zero-order chi connectivity index (χ0) is 14.6. The summed E-state index contributed by atoms with van der Waals surface area (Å²) in [6.07, 6.45) is 1.93. The maximum Gasteiger partial charge on any atom is 0.250 e. The highest BCUT2D eigenvalue weighted by Gasteiger charge is 2.24. The Morgan fingerprint density at radius 3 is 2.86 bits per heavy atom. The molecule has 0 spiro atoms. The van der Waals surface area contributed by atoms with Gasteiger partial charge in [-0.25, -0.2) is 8.42 Å². The van der Waals surface area contributed by atoms with Crippen LogP contribution in [0.1, 0.15) is 19.8 Å². The van der Waals surface area contributed by atoms with Crippen LogP contribution in [0.3, 0.4) is 0 Å². The average Bonchev–Trinajstić information content (AvgIpc) is 2.94. The van der Waals surface area contributed by atoms with Crippen molar-refractivity contribution in [2.45, 2.75) is 36.1 Å². The van der Waals surface area contributed by atoms with E-state index >= 15 is 0 Å². The number of piperidine rings is 1. The zero-order valence-corrected chi connectivity index (χ0v) is 14.1. The lowest BCUT2D eigenvalue weighted by Gasteiger charge is -2.25. The van der Waals surface area contributed by atoms with Gasteiger partial charge in [0.1, 0.15) is 4.21 Å². The van der Waals surface area contributed by atoms with Gasteiger partial charge in [-0.05, 0) is 37.8 Å². The molecule has 0 radical (unpaired) electrons. The molecule has 1 aliphatic rings. The van der Waals surface area contributed by atoms with Gasteiger partial charge >= 0.3 is 0 Å². The number of sulfonamides is 1. The van der Waals surface area contributed by atoms with E-state index in [1.54, 1.807) is 18.4 Å². The van der Waals surface area contributed by atoms with Gasteiger partial charge in [0.2, 0.25) is 5.91 Å². The molecule has 2 atom stereocenters. The van der Waals surface area contributed by atoms with Gasteiger partial charge in [0.25, 0.3) is 10.0 Å². The van der Waals surface area contributed by atoms with E-state index in [9.17, 15) is 13.2 Å². The summed E-state index contributed by atoms with van der Waals surface area (Å²) in [5.41, 5.74) is 0. The molecule has 0 bridgehead atoms. The first kappa shape index (κ1) is 18.4. The molecule has 2 rings (SSSR count). The molecule has 1 saturated heterocycles. The van der Waals surface area contributed by atoms with Crippen molar-refractivity contribution in [2.24, 2.45) is 0 Å². The molecule has 120 valence electrons. The molecule has 1 fully saturated rings. The van der Waals surface area contributed by atoms with Crippen LogP contribution < -0.4 is 15.4 Å². The van der Waals surface area contributed by atoms with Crippen molar-refractivity contribution >= 4 is 39.7 Å². The monoisotopic (exact) mass is 353 g/mol. The van der Waals surface area contributed by atoms with Gasteiger partial charge in [-0.3, -0.25) is 4.79 Å². The van der Waals surface area contributed by atoms with Gasteiger partial charge in [-0.2, -0.15) is 4.72 Å². The summed E-state index contributed by atoms with van der Waals surface area (Å²) >= 11 is 1.13. The van der Waals surface area contributed by atoms with Crippen molar-refractivity contribution < 1.29 is 13.2 Å². The normalized spacial score (nSPS) is 20.3. The summed E-state index contributed by atoms with van der Waals surface area (Å²) in [5.74, 6) is -0.293. The Bertz CT molecular complexity index is 542. The number of hydrogen-bond donors (Lipinski definition) is 3. The van der Waals surface area contributed by atoms with Crippen LogP contribution >= 0.6 is 23.7 Å². The van der Waals surface area contributed by atoms with Crippen LogP contribution in [0, 0.1) is 0 Å². The number of carbonyl (C=O) groups is 1. The zero-order valence-electron chi connectivity index (χ0n) is 11.7. The highest BCUT2D eigenvalue weighted by atomic mass is 35.5. The molecular formula is C12H20ClN3O3S2. The van der Waals surface area contributed by atoms with Gasteiger partial charge in [-0.1, -0.05) is 6.07 Å². The van der Waals surface area contributed by atoms with Gasteiger partial charge in [0.15, 0.2) is 0 Å². The van der Waals surface area contributed by atoms with Gasteiger partial charge in [0.05, 0.1) is 6.04 Å². The lowest BCUT2D eigenvalue weighted by Crippen LogP contribution is -2.52. The van der Waals surface area contributed by atoms with E-state index in [0.717, 1.165) is 37.3 Å². The highest BCUT2D eigenvalue weighted by Crippen LogP contribution is 2.15. The molecule has 9 heteroatoms. The first-order valence-corrected chi connectivity index (χ1v) is 8.92. The number of carbonyl (C=O) groups excluding carboxylic acids is 1. The summed E-state index contributed by atoms with van der Waals surface area (Å²) in [6, 6.07) is 2.47. The second-order valence-corrected chi connectivity index (χ2v) is 7.72. The third kappa shape index (κ3) is 5.23. The molecule has 6 nitrogen and oxygen atoms in total. The van der Waals surface area contributed by atoms with E-state index in [1.165, 1.54) is 6.07 Å². The van der Waals surface area contributed by atoms with E-state index in [4.69, 9.17) is 0 Å².